The molecule has 326 valence electrons. The fourth-order valence-electron chi connectivity index (χ4n) is 14.9. The van der Waals surface area contributed by atoms with Crippen LogP contribution < -0.4 is 0 Å². The molecule has 3 nitrogen and oxygen atoms in total. The van der Waals surface area contributed by atoms with Crippen molar-refractivity contribution in [1.82, 2.24) is 0 Å². The molecular weight excluding hydrogens is 951 g/mol. The van der Waals surface area contributed by atoms with E-state index in [1.54, 1.807) is 21.3 Å². The van der Waals surface area contributed by atoms with E-state index in [1.807, 2.05) is 0 Å². The summed E-state index contributed by atoms with van der Waals surface area (Å²) in [6.45, 7) is 0. The molecule has 6 bridgehead atoms. The molecule has 9 aliphatic rings. The second-order valence-corrected chi connectivity index (χ2v) is 29.4. The Morgan fingerprint density at radius 3 is 0.544 bits per heavy atom. The van der Waals surface area contributed by atoms with Crippen LogP contribution in [0.2, 0.25) is 0 Å². The first-order chi connectivity index (χ1) is 33.7. The van der Waals surface area contributed by atoms with Gasteiger partial charge in [0.25, 0.3) is 0 Å². The van der Waals surface area contributed by atoms with Crippen LogP contribution in [0.25, 0.3) is 0 Å². The van der Waals surface area contributed by atoms with Crippen LogP contribution in [-0.2, 0) is 23.6 Å². The Morgan fingerprint density at radius 1 is 0.265 bits per heavy atom. The minimum atomic E-state index is -4.05. The Kier molecular flexibility index (Phi) is 9.13. The Morgan fingerprint density at radius 2 is 0.412 bits per heavy atom. The number of rotatable bonds is 6. The van der Waals surface area contributed by atoms with Crippen LogP contribution in [0, 0.1) is 0 Å². The van der Waals surface area contributed by atoms with Crippen molar-refractivity contribution in [3.8, 4) is 0 Å². The molecule has 0 heterocycles. The van der Waals surface area contributed by atoms with Gasteiger partial charge >= 0.3 is 376 Å². The summed E-state index contributed by atoms with van der Waals surface area (Å²) in [5.41, 5.74) is 27.3. The van der Waals surface area contributed by atoms with Gasteiger partial charge in [0.15, 0.2) is 0 Å². The van der Waals surface area contributed by atoms with Gasteiger partial charge in [0.1, 0.15) is 0 Å². The number of benzene rings is 9. The predicted octanol–water partition coefficient (Wildman–Crippen LogP) is 12.5. The van der Waals surface area contributed by atoms with Gasteiger partial charge in [-0.15, -0.1) is 0 Å². The zero-order valence-corrected chi connectivity index (χ0v) is 42.1. The molecule has 0 aliphatic heterocycles. The summed E-state index contributed by atoms with van der Waals surface area (Å²) >= 11 is -4.05. The molecule has 0 N–H and O–H groups in total. The van der Waals surface area contributed by atoms with Gasteiger partial charge in [-0.05, 0) is 0 Å². The van der Waals surface area contributed by atoms with Crippen LogP contribution in [0.3, 0.4) is 0 Å². The molecule has 18 rings (SSSR count). The summed E-state index contributed by atoms with van der Waals surface area (Å²) in [5, 5.41) is 0. The minimum absolute atomic E-state index is 0.188. The molecule has 0 aromatic heterocycles. The van der Waals surface area contributed by atoms with Crippen molar-refractivity contribution in [3.05, 3.63) is 319 Å². The van der Waals surface area contributed by atoms with Crippen molar-refractivity contribution < 1.29 is 13.3 Å². The van der Waals surface area contributed by atoms with Crippen molar-refractivity contribution in [2.24, 2.45) is 0 Å². The van der Waals surface area contributed by atoms with E-state index >= 15 is 0 Å². The molecule has 0 amide bonds. The average molecular weight is 1000 g/mol. The zero-order valence-electron chi connectivity index (χ0n) is 38.2. The number of hydrogen-bond acceptors (Lipinski definition) is 3. The Hall–Kier alpha value is -6.12. The predicted molar refractivity (Wildman–Crippen MR) is 273 cm³/mol. The van der Waals surface area contributed by atoms with E-state index in [9.17, 15) is 0 Å². The molecule has 2 radical (unpaired) electrons. The molecule has 9 aliphatic carbocycles. The van der Waals surface area contributed by atoms with Crippen molar-refractivity contribution >= 4 is 29.3 Å². The molecular formula is C63H48O3SiSn. The molecule has 5 heteroatoms. The monoisotopic (exact) mass is 1000 g/mol. The van der Waals surface area contributed by atoms with Crippen LogP contribution in [0.5, 0.6) is 0 Å². The van der Waals surface area contributed by atoms with E-state index in [1.165, 1.54) is 100 Å². The third-order valence-electron chi connectivity index (χ3n) is 16.7. The first kappa shape index (κ1) is 40.9. The second-order valence-electron chi connectivity index (χ2n) is 19.1. The maximum atomic E-state index is 4.71. The normalized spacial score (nSPS) is 23.7. The van der Waals surface area contributed by atoms with Gasteiger partial charge in [-0.1, -0.05) is 0 Å². The van der Waals surface area contributed by atoms with Gasteiger partial charge in [-0.25, -0.2) is 0 Å². The molecule has 68 heavy (non-hydrogen) atoms. The molecule has 0 unspecified atom stereocenters. The van der Waals surface area contributed by atoms with Crippen molar-refractivity contribution in [1.29, 1.82) is 0 Å². The second kappa shape index (κ2) is 15.2. The number of hydrogen-bond donors (Lipinski definition) is 0. The fourth-order valence-corrected chi connectivity index (χ4v) is 33.0. The van der Waals surface area contributed by atoms with Gasteiger partial charge < -0.3 is 13.3 Å². The molecule has 0 saturated carbocycles. The Bertz CT molecular complexity index is 2810. The Balaban J connectivity index is 0.000000584. The topological polar surface area (TPSA) is 27.7 Å². The molecule has 9 aromatic carbocycles. The van der Waals surface area contributed by atoms with Crippen LogP contribution >= 0.6 is 0 Å². The van der Waals surface area contributed by atoms with Crippen LogP contribution in [0.1, 0.15) is 118 Å². The van der Waals surface area contributed by atoms with Gasteiger partial charge in [0.05, 0.1) is 0 Å². The van der Waals surface area contributed by atoms with Crippen LogP contribution in [0.15, 0.2) is 218 Å². The van der Waals surface area contributed by atoms with Crippen LogP contribution in [-0.4, -0.2) is 50.6 Å². The SMILES string of the molecule is CO[Si](OC)OC.c1ccc2c(c1)C1c3ccccc3[C]2([Sn]([C]23c4ccccc4C(c4ccccc42)c2ccccc23)[C]23c4ccccc4C(c4ccccc42)c2ccccc23)c2ccccc21. The molecule has 9 aromatic rings. The third-order valence-corrected chi connectivity index (χ3v) is 31.0. The molecule has 0 atom stereocenters. The Labute approximate surface area is 407 Å². The standard InChI is InChI=1S/3C20H13.C3H9O3Si.Sn/c3*1-2-8-14-13(7-1)19-15-9-3-5-11-17(15)20(14)18-12-6-4-10-16(18)19;1-4-7(5-2)6-3;/h3*1-12,19H;1-3H3;. The average Bonchev–Trinajstić information content (AvgIpc) is 3.42. The van der Waals surface area contributed by atoms with E-state index in [4.69, 9.17) is 13.3 Å². The van der Waals surface area contributed by atoms with Gasteiger partial charge in [-0.3, -0.25) is 0 Å². The van der Waals surface area contributed by atoms with Gasteiger partial charge in [0, 0.05) is 21.3 Å². The maximum absolute atomic E-state index is 4.71. The first-order valence-electron chi connectivity index (χ1n) is 23.9. The van der Waals surface area contributed by atoms with Gasteiger partial charge in [-0.2, -0.15) is 0 Å². The summed E-state index contributed by atoms with van der Waals surface area (Å²) in [5.74, 6) is 0.564. The first-order valence-corrected chi connectivity index (χ1v) is 29.4. The van der Waals surface area contributed by atoms with E-state index in [0.29, 0.717) is 0 Å². The van der Waals surface area contributed by atoms with E-state index in [2.05, 4.69) is 218 Å². The van der Waals surface area contributed by atoms with E-state index in [-0.39, 0.29) is 17.8 Å². The van der Waals surface area contributed by atoms with E-state index < -0.39 is 39.6 Å². The molecule has 0 spiro atoms. The van der Waals surface area contributed by atoms with Crippen molar-refractivity contribution in [3.63, 3.8) is 0 Å². The quantitative estimate of drug-likeness (QED) is 0.155. The van der Waals surface area contributed by atoms with Crippen molar-refractivity contribution in [2.45, 2.75) is 28.0 Å². The molecule has 0 saturated heterocycles. The van der Waals surface area contributed by atoms with Crippen LogP contribution in [0.4, 0.5) is 0 Å². The summed E-state index contributed by atoms with van der Waals surface area (Å²) in [6.07, 6.45) is 0. The summed E-state index contributed by atoms with van der Waals surface area (Å²) in [6, 6.07) is 87.8. The summed E-state index contributed by atoms with van der Waals surface area (Å²) in [7, 11) is 3.31. The summed E-state index contributed by atoms with van der Waals surface area (Å²) < 4.78 is 12.8. The van der Waals surface area contributed by atoms with Crippen molar-refractivity contribution in [2.75, 3.05) is 21.3 Å². The zero-order chi connectivity index (χ0) is 45.4. The fraction of sp³-hybridized carbons (Fsp3) is 0.143. The molecule has 0 fully saturated rings. The van der Waals surface area contributed by atoms with E-state index in [0.717, 1.165) is 0 Å². The third kappa shape index (κ3) is 4.85. The summed E-state index contributed by atoms with van der Waals surface area (Å²) in [4.78, 5) is 0. The van der Waals surface area contributed by atoms with Gasteiger partial charge in [0.2, 0.25) is 0 Å².